The van der Waals surface area contributed by atoms with Gasteiger partial charge >= 0.3 is 5.97 Å². The lowest BCUT2D eigenvalue weighted by Gasteiger charge is -2.13. The number of nitrogens with zero attached hydrogens (tertiary/aromatic N) is 4. The number of fused-ring (bicyclic) bond motifs is 2. The Labute approximate surface area is 189 Å². The maximum Gasteiger partial charge on any atom is 0.310 e. The van der Waals surface area contributed by atoms with Gasteiger partial charge in [-0.25, -0.2) is 15.0 Å². The third kappa shape index (κ3) is 3.12. The number of allylic oxidation sites excluding steroid dienone is 4. The molecule has 4 aromatic rings. The number of aromatic nitrogens is 4. The summed E-state index contributed by atoms with van der Waals surface area (Å²) >= 11 is 0. The first kappa shape index (κ1) is 19.4. The zero-order chi connectivity index (χ0) is 22.5. The lowest BCUT2D eigenvalue weighted by molar-refractivity contribution is -0.138. The van der Waals surface area contributed by atoms with E-state index < -0.39 is 11.9 Å². The minimum atomic E-state index is -0.776. The van der Waals surface area contributed by atoms with Crippen LogP contribution in [0.5, 0.6) is 0 Å². The molecule has 0 fully saturated rings. The fraction of sp³-hybridized carbons (Fsp3) is 0.154. The van der Waals surface area contributed by atoms with Crippen LogP contribution >= 0.6 is 0 Å². The van der Waals surface area contributed by atoms with Crippen molar-refractivity contribution in [2.24, 2.45) is 0 Å². The fourth-order valence-electron chi connectivity index (χ4n) is 4.82. The Kier molecular flexibility index (Phi) is 4.36. The maximum atomic E-state index is 11.6. The van der Waals surface area contributed by atoms with Crippen LogP contribution in [0.1, 0.15) is 35.1 Å². The molecule has 0 saturated heterocycles. The van der Waals surface area contributed by atoms with E-state index in [0.717, 1.165) is 45.7 Å². The summed E-state index contributed by atoms with van der Waals surface area (Å²) in [6.07, 6.45) is 11.3. The van der Waals surface area contributed by atoms with Gasteiger partial charge in [-0.1, -0.05) is 30.4 Å². The molecule has 2 aliphatic rings. The number of nitrogen functional groups attached to an aromatic ring is 1. The standard InChI is InChI=1S/C26H21N5O2/c27-23-20(6-3-13-28-23)24-30-22-12-11-21(15-4-1-2-5-15)29-25(22)31(24)17-8-10-18-16(14-17)7-9-19(18)26(32)33/h1-6,8,10-15,19H,7,9H2,(H2,27,28)(H,32,33). The summed E-state index contributed by atoms with van der Waals surface area (Å²) in [5.41, 5.74) is 12.2. The lowest BCUT2D eigenvalue weighted by atomic mass is 10.0. The van der Waals surface area contributed by atoms with Gasteiger partial charge in [-0.05, 0) is 60.4 Å². The van der Waals surface area contributed by atoms with Crippen LogP contribution in [0.3, 0.4) is 0 Å². The molecule has 0 spiro atoms. The van der Waals surface area contributed by atoms with Crippen LogP contribution in [0.15, 0.2) is 73.0 Å². The van der Waals surface area contributed by atoms with Crippen molar-refractivity contribution in [1.82, 2.24) is 19.5 Å². The average molecular weight is 435 g/mol. The van der Waals surface area contributed by atoms with E-state index in [1.807, 2.05) is 53.1 Å². The van der Waals surface area contributed by atoms with Gasteiger partial charge in [0.25, 0.3) is 0 Å². The molecule has 0 amide bonds. The summed E-state index contributed by atoms with van der Waals surface area (Å²) in [7, 11) is 0. The maximum absolute atomic E-state index is 11.6. The van der Waals surface area contributed by atoms with E-state index in [-0.39, 0.29) is 5.92 Å². The molecule has 162 valence electrons. The number of hydrogen-bond donors (Lipinski definition) is 2. The zero-order valence-corrected chi connectivity index (χ0v) is 17.7. The lowest BCUT2D eigenvalue weighted by Crippen LogP contribution is -2.08. The number of hydrogen-bond acceptors (Lipinski definition) is 5. The highest BCUT2D eigenvalue weighted by molar-refractivity contribution is 5.83. The Balaban J connectivity index is 1.59. The quantitative estimate of drug-likeness (QED) is 0.492. The van der Waals surface area contributed by atoms with Crippen molar-refractivity contribution in [2.75, 3.05) is 5.73 Å². The van der Waals surface area contributed by atoms with Gasteiger partial charge in [-0.15, -0.1) is 0 Å². The number of anilines is 1. The van der Waals surface area contributed by atoms with Gasteiger partial charge in [-0.2, -0.15) is 0 Å². The van der Waals surface area contributed by atoms with Crippen LogP contribution < -0.4 is 5.73 Å². The summed E-state index contributed by atoms with van der Waals surface area (Å²) in [5, 5.41) is 9.56. The van der Waals surface area contributed by atoms with Crippen molar-refractivity contribution in [2.45, 2.75) is 24.7 Å². The number of benzene rings is 1. The zero-order valence-electron chi connectivity index (χ0n) is 17.7. The van der Waals surface area contributed by atoms with Crippen molar-refractivity contribution in [3.63, 3.8) is 0 Å². The first-order valence-corrected chi connectivity index (χ1v) is 10.9. The van der Waals surface area contributed by atoms with Gasteiger partial charge in [0.1, 0.15) is 11.3 Å². The van der Waals surface area contributed by atoms with E-state index in [1.54, 1.807) is 6.20 Å². The molecule has 7 nitrogen and oxygen atoms in total. The average Bonchev–Trinajstić information content (AvgIpc) is 3.56. The molecule has 0 bridgehead atoms. The number of nitrogens with two attached hydrogens (primary N) is 1. The van der Waals surface area contributed by atoms with Gasteiger partial charge in [0, 0.05) is 17.8 Å². The van der Waals surface area contributed by atoms with Gasteiger partial charge in [-0.3, -0.25) is 9.36 Å². The van der Waals surface area contributed by atoms with Crippen LogP contribution in [-0.2, 0) is 11.2 Å². The molecule has 6 rings (SSSR count). The van der Waals surface area contributed by atoms with Crippen molar-refractivity contribution in [3.8, 4) is 17.1 Å². The number of pyridine rings is 2. The molecule has 0 aliphatic heterocycles. The van der Waals surface area contributed by atoms with E-state index >= 15 is 0 Å². The van der Waals surface area contributed by atoms with Gasteiger partial charge in [0.2, 0.25) is 0 Å². The smallest absolute Gasteiger partial charge is 0.310 e. The molecule has 0 saturated carbocycles. The summed E-state index contributed by atoms with van der Waals surface area (Å²) in [4.78, 5) is 25.7. The summed E-state index contributed by atoms with van der Waals surface area (Å²) in [6.45, 7) is 0. The van der Waals surface area contributed by atoms with Crippen LogP contribution in [0.4, 0.5) is 5.82 Å². The van der Waals surface area contributed by atoms with E-state index in [0.29, 0.717) is 18.1 Å². The van der Waals surface area contributed by atoms with Crippen LogP contribution in [-0.4, -0.2) is 30.6 Å². The van der Waals surface area contributed by atoms with Gasteiger partial charge in [0.05, 0.1) is 17.2 Å². The Morgan fingerprint density at radius 2 is 1.94 bits per heavy atom. The number of aryl methyl sites for hydroxylation is 1. The molecular formula is C26H21N5O2. The Morgan fingerprint density at radius 1 is 1.09 bits per heavy atom. The molecule has 3 heterocycles. The summed E-state index contributed by atoms with van der Waals surface area (Å²) in [6, 6.07) is 13.6. The van der Waals surface area contributed by atoms with Crippen LogP contribution in [0, 0.1) is 0 Å². The van der Waals surface area contributed by atoms with E-state index in [9.17, 15) is 9.90 Å². The number of carbonyl (C=O) groups is 1. The Bertz CT molecular complexity index is 1470. The molecule has 0 radical (unpaired) electrons. The topological polar surface area (TPSA) is 107 Å². The Morgan fingerprint density at radius 3 is 2.73 bits per heavy atom. The second kappa shape index (κ2) is 7.41. The highest BCUT2D eigenvalue weighted by Crippen LogP contribution is 2.37. The van der Waals surface area contributed by atoms with Crippen molar-refractivity contribution < 1.29 is 9.90 Å². The Hall–Kier alpha value is -4.26. The SMILES string of the molecule is Nc1ncccc1-c1nc2ccc(C3C=CC=C3)nc2n1-c1ccc2c(c1)CCC2C(=O)O. The van der Waals surface area contributed by atoms with Crippen LogP contribution in [0.25, 0.3) is 28.2 Å². The summed E-state index contributed by atoms with van der Waals surface area (Å²) in [5.74, 6) is -0.0513. The first-order chi connectivity index (χ1) is 16.1. The molecule has 2 aliphatic carbocycles. The molecule has 33 heavy (non-hydrogen) atoms. The molecule has 1 aromatic carbocycles. The van der Waals surface area contributed by atoms with Gasteiger partial charge < -0.3 is 10.8 Å². The second-order valence-electron chi connectivity index (χ2n) is 8.39. The number of imidazole rings is 1. The normalized spacial score (nSPS) is 17.2. The number of carboxylic acids is 1. The summed E-state index contributed by atoms with van der Waals surface area (Å²) < 4.78 is 2.00. The second-order valence-corrected chi connectivity index (χ2v) is 8.39. The monoisotopic (exact) mass is 435 g/mol. The molecule has 7 heteroatoms. The molecule has 3 N–H and O–H groups in total. The van der Waals surface area contributed by atoms with E-state index in [4.69, 9.17) is 15.7 Å². The fourth-order valence-corrected chi connectivity index (χ4v) is 4.82. The largest absolute Gasteiger partial charge is 0.481 e. The predicted octanol–water partition coefficient (Wildman–Crippen LogP) is 4.39. The highest BCUT2D eigenvalue weighted by Gasteiger charge is 2.29. The number of carboxylic acid groups (broad SMARTS) is 1. The predicted molar refractivity (Wildman–Crippen MR) is 126 cm³/mol. The molecule has 1 unspecified atom stereocenters. The first-order valence-electron chi connectivity index (χ1n) is 10.9. The van der Waals surface area contributed by atoms with Crippen molar-refractivity contribution in [3.05, 3.63) is 89.8 Å². The third-order valence-corrected chi connectivity index (χ3v) is 6.46. The van der Waals surface area contributed by atoms with Gasteiger partial charge in [0.15, 0.2) is 11.5 Å². The van der Waals surface area contributed by atoms with E-state index in [2.05, 4.69) is 23.2 Å². The third-order valence-electron chi connectivity index (χ3n) is 6.46. The van der Waals surface area contributed by atoms with Crippen LogP contribution in [0.2, 0.25) is 0 Å². The van der Waals surface area contributed by atoms with E-state index in [1.165, 1.54) is 0 Å². The molecule has 1 atom stereocenters. The van der Waals surface area contributed by atoms with Crippen molar-refractivity contribution >= 4 is 23.0 Å². The molecular weight excluding hydrogens is 414 g/mol. The number of aliphatic carboxylic acids is 1. The highest BCUT2D eigenvalue weighted by atomic mass is 16.4. The molecule has 3 aromatic heterocycles. The minimum Gasteiger partial charge on any atom is -0.481 e. The van der Waals surface area contributed by atoms with Crippen molar-refractivity contribution in [1.29, 1.82) is 0 Å². The number of rotatable bonds is 4. The minimum absolute atomic E-state index is 0.126.